The topological polar surface area (TPSA) is 31.1 Å². The van der Waals surface area contributed by atoms with Crippen molar-refractivity contribution in [1.29, 1.82) is 0 Å². The molecule has 0 aromatic carbocycles. The number of aromatic nitrogens is 1. The summed E-state index contributed by atoms with van der Waals surface area (Å²) in [6.07, 6.45) is 6.82. The second-order valence-electron chi connectivity index (χ2n) is 4.96. The number of hydrogen-bond acceptors (Lipinski definition) is 2. The first-order chi connectivity index (χ1) is 7.77. The molecule has 2 rings (SSSR count). The third-order valence-electron chi connectivity index (χ3n) is 3.22. The minimum absolute atomic E-state index is 0.682. The van der Waals surface area contributed by atoms with Gasteiger partial charge in [0.15, 0.2) is 0 Å². The average Bonchev–Trinajstić information content (AvgIpc) is 2.94. The van der Waals surface area contributed by atoms with Crippen LogP contribution in [0.2, 0.25) is 0 Å². The molecule has 16 heavy (non-hydrogen) atoms. The summed E-state index contributed by atoms with van der Waals surface area (Å²) in [5.74, 6) is 0. The van der Waals surface area contributed by atoms with Crippen molar-refractivity contribution in [3.8, 4) is 0 Å². The zero-order chi connectivity index (χ0) is 11.4. The Hall–Kier alpha value is -0.800. The van der Waals surface area contributed by atoms with E-state index in [4.69, 9.17) is 0 Å². The summed E-state index contributed by atoms with van der Waals surface area (Å²) in [5.41, 5.74) is 1.34. The summed E-state index contributed by atoms with van der Waals surface area (Å²) < 4.78 is 0. The van der Waals surface area contributed by atoms with E-state index in [1.165, 1.54) is 24.9 Å². The highest BCUT2D eigenvalue weighted by molar-refractivity contribution is 5.07. The first kappa shape index (κ1) is 11.7. The maximum Gasteiger partial charge on any atom is 0.0220 e. The second-order valence-corrected chi connectivity index (χ2v) is 4.96. The standard InChI is InChI=1S/C13H23N3/c1-11(2)16(13-3-4-13)8-7-15-10-12-5-6-14-9-12/h5-6,9,11,13-15H,3-4,7-8,10H2,1-2H3. The Morgan fingerprint density at radius 1 is 1.50 bits per heavy atom. The van der Waals surface area contributed by atoms with Crippen LogP contribution < -0.4 is 5.32 Å². The SMILES string of the molecule is CC(C)N(CCNCc1cc[nH]c1)C1CC1. The van der Waals surface area contributed by atoms with Gasteiger partial charge >= 0.3 is 0 Å². The lowest BCUT2D eigenvalue weighted by atomic mass is 10.3. The Kier molecular flexibility index (Phi) is 4.02. The molecule has 0 aliphatic heterocycles. The molecule has 1 aromatic heterocycles. The van der Waals surface area contributed by atoms with E-state index in [1.54, 1.807) is 0 Å². The van der Waals surface area contributed by atoms with E-state index in [0.717, 1.165) is 19.1 Å². The smallest absolute Gasteiger partial charge is 0.0220 e. The van der Waals surface area contributed by atoms with Crippen LogP contribution >= 0.6 is 0 Å². The van der Waals surface area contributed by atoms with E-state index >= 15 is 0 Å². The second kappa shape index (κ2) is 5.51. The number of aromatic amines is 1. The molecule has 1 aliphatic rings. The molecular weight excluding hydrogens is 198 g/mol. The Balaban J connectivity index is 1.63. The van der Waals surface area contributed by atoms with Gasteiger partial charge in [-0.25, -0.2) is 0 Å². The van der Waals surface area contributed by atoms with E-state index in [9.17, 15) is 0 Å². The van der Waals surface area contributed by atoms with Crippen molar-refractivity contribution in [2.45, 2.75) is 45.3 Å². The molecule has 1 saturated carbocycles. The van der Waals surface area contributed by atoms with Gasteiger partial charge in [-0.3, -0.25) is 4.90 Å². The van der Waals surface area contributed by atoms with Gasteiger partial charge in [-0.15, -0.1) is 0 Å². The van der Waals surface area contributed by atoms with Crippen molar-refractivity contribution in [1.82, 2.24) is 15.2 Å². The highest BCUT2D eigenvalue weighted by Crippen LogP contribution is 2.27. The normalized spacial score (nSPS) is 16.2. The van der Waals surface area contributed by atoms with Crippen LogP contribution in [0.5, 0.6) is 0 Å². The van der Waals surface area contributed by atoms with Gasteiger partial charge in [0.2, 0.25) is 0 Å². The summed E-state index contributed by atoms with van der Waals surface area (Å²) in [6.45, 7) is 7.82. The minimum atomic E-state index is 0.682. The molecule has 0 unspecified atom stereocenters. The fourth-order valence-corrected chi connectivity index (χ4v) is 2.18. The van der Waals surface area contributed by atoms with Gasteiger partial charge in [-0.1, -0.05) is 0 Å². The fraction of sp³-hybridized carbons (Fsp3) is 0.692. The molecule has 1 heterocycles. The predicted molar refractivity (Wildman–Crippen MR) is 67.4 cm³/mol. The van der Waals surface area contributed by atoms with Gasteiger partial charge in [-0.2, -0.15) is 0 Å². The monoisotopic (exact) mass is 221 g/mol. The molecule has 0 saturated heterocycles. The van der Waals surface area contributed by atoms with E-state index in [2.05, 4.69) is 35.1 Å². The van der Waals surface area contributed by atoms with Gasteiger partial charge in [0.05, 0.1) is 0 Å². The van der Waals surface area contributed by atoms with Gasteiger partial charge in [0.25, 0.3) is 0 Å². The highest BCUT2D eigenvalue weighted by Gasteiger charge is 2.29. The van der Waals surface area contributed by atoms with Gasteiger partial charge in [-0.05, 0) is 38.3 Å². The molecule has 0 atom stereocenters. The quantitative estimate of drug-likeness (QED) is 0.690. The summed E-state index contributed by atoms with van der Waals surface area (Å²) in [5, 5.41) is 3.49. The van der Waals surface area contributed by atoms with Crippen LogP contribution in [0.15, 0.2) is 18.5 Å². The van der Waals surface area contributed by atoms with Crippen molar-refractivity contribution in [2.75, 3.05) is 13.1 Å². The zero-order valence-corrected chi connectivity index (χ0v) is 10.4. The maximum absolute atomic E-state index is 3.49. The molecule has 0 radical (unpaired) electrons. The lowest BCUT2D eigenvalue weighted by Crippen LogP contribution is -2.38. The van der Waals surface area contributed by atoms with Gasteiger partial charge in [0.1, 0.15) is 0 Å². The molecule has 90 valence electrons. The zero-order valence-electron chi connectivity index (χ0n) is 10.4. The molecule has 1 aromatic rings. The summed E-state index contributed by atoms with van der Waals surface area (Å²) in [7, 11) is 0. The number of rotatable bonds is 7. The third kappa shape index (κ3) is 3.35. The predicted octanol–water partition coefficient (Wildman–Crippen LogP) is 1.98. The van der Waals surface area contributed by atoms with Crippen LogP contribution in [-0.2, 0) is 6.54 Å². The number of hydrogen-bond donors (Lipinski definition) is 2. The van der Waals surface area contributed by atoms with Crippen LogP contribution in [0.1, 0.15) is 32.3 Å². The summed E-state index contributed by atoms with van der Waals surface area (Å²) >= 11 is 0. The molecule has 0 bridgehead atoms. The fourth-order valence-electron chi connectivity index (χ4n) is 2.18. The van der Waals surface area contributed by atoms with Crippen molar-refractivity contribution < 1.29 is 0 Å². The lowest BCUT2D eigenvalue weighted by molar-refractivity contribution is 0.211. The Bertz CT molecular complexity index is 286. The first-order valence-corrected chi connectivity index (χ1v) is 6.35. The molecule has 2 N–H and O–H groups in total. The van der Waals surface area contributed by atoms with Crippen LogP contribution in [-0.4, -0.2) is 35.1 Å². The maximum atomic E-state index is 3.49. The van der Waals surface area contributed by atoms with Crippen molar-refractivity contribution in [2.24, 2.45) is 0 Å². The Morgan fingerprint density at radius 2 is 2.31 bits per heavy atom. The molecule has 1 fully saturated rings. The minimum Gasteiger partial charge on any atom is -0.367 e. The number of nitrogens with zero attached hydrogens (tertiary/aromatic N) is 1. The van der Waals surface area contributed by atoms with E-state index in [-0.39, 0.29) is 0 Å². The highest BCUT2D eigenvalue weighted by atomic mass is 15.2. The average molecular weight is 221 g/mol. The number of nitrogens with one attached hydrogen (secondary N) is 2. The lowest BCUT2D eigenvalue weighted by Gasteiger charge is -2.26. The summed E-state index contributed by atoms with van der Waals surface area (Å²) in [4.78, 5) is 5.69. The molecule has 0 amide bonds. The van der Waals surface area contributed by atoms with E-state index in [1.807, 2.05) is 12.4 Å². The Morgan fingerprint density at radius 3 is 2.88 bits per heavy atom. The van der Waals surface area contributed by atoms with E-state index < -0.39 is 0 Å². The van der Waals surface area contributed by atoms with Crippen LogP contribution in [0.3, 0.4) is 0 Å². The van der Waals surface area contributed by atoms with Crippen LogP contribution in [0.4, 0.5) is 0 Å². The molecule has 3 nitrogen and oxygen atoms in total. The molecule has 1 aliphatic carbocycles. The third-order valence-corrected chi connectivity index (χ3v) is 3.22. The van der Waals surface area contributed by atoms with Crippen LogP contribution in [0.25, 0.3) is 0 Å². The van der Waals surface area contributed by atoms with Crippen molar-refractivity contribution in [3.05, 3.63) is 24.0 Å². The molecule has 0 spiro atoms. The van der Waals surface area contributed by atoms with Crippen LogP contribution in [0, 0.1) is 0 Å². The Labute approximate surface area is 98.2 Å². The van der Waals surface area contributed by atoms with Crippen molar-refractivity contribution in [3.63, 3.8) is 0 Å². The molecular formula is C13H23N3. The van der Waals surface area contributed by atoms with Gasteiger partial charge < -0.3 is 10.3 Å². The first-order valence-electron chi connectivity index (χ1n) is 6.35. The number of H-pyrrole nitrogens is 1. The van der Waals surface area contributed by atoms with Crippen molar-refractivity contribution >= 4 is 0 Å². The van der Waals surface area contributed by atoms with Gasteiger partial charge in [0, 0.05) is 44.1 Å². The largest absolute Gasteiger partial charge is 0.367 e. The summed E-state index contributed by atoms with van der Waals surface area (Å²) in [6, 6.07) is 3.67. The van der Waals surface area contributed by atoms with E-state index in [0.29, 0.717) is 6.04 Å². The molecule has 3 heteroatoms.